The quantitative estimate of drug-likeness (QED) is 0.853. The van der Waals surface area contributed by atoms with Gasteiger partial charge in [-0.2, -0.15) is 11.3 Å². The van der Waals surface area contributed by atoms with E-state index in [9.17, 15) is 9.59 Å². The first kappa shape index (κ1) is 17.1. The molecule has 1 N–H and O–H groups in total. The molecule has 0 atom stereocenters. The van der Waals surface area contributed by atoms with Gasteiger partial charge in [0.15, 0.2) is 0 Å². The van der Waals surface area contributed by atoms with Gasteiger partial charge in [-0.1, -0.05) is 6.07 Å². The zero-order chi connectivity index (χ0) is 16.8. The molecule has 24 heavy (non-hydrogen) atoms. The highest BCUT2D eigenvalue weighted by Gasteiger charge is 2.21. The molecular weight excluding hydrogens is 342 g/mol. The lowest BCUT2D eigenvalue weighted by molar-refractivity contribution is -0.132. The largest absolute Gasteiger partial charge is 0.351 e. The SMILES string of the molecule is O=C(NCCN1CCN(C(=O)Cc2cccs2)CC1)c1ccsc1. The smallest absolute Gasteiger partial charge is 0.252 e. The number of nitrogens with zero attached hydrogens (tertiary/aromatic N) is 2. The van der Waals surface area contributed by atoms with Crippen LogP contribution in [0, 0.1) is 0 Å². The zero-order valence-corrected chi connectivity index (χ0v) is 15.1. The third-order valence-corrected chi connectivity index (χ3v) is 5.69. The van der Waals surface area contributed by atoms with E-state index in [0.29, 0.717) is 13.0 Å². The fourth-order valence-corrected chi connectivity index (χ4v) is 4.05. The van der Waals surface area contributed by atoms with Gasteiger partial charge in [-0.05, 0) is 22.9 Å². The molecule has 1 fully saturated rings. The van der Waals surface area contributed by atoms with E-state index in [1.54, 1.807) is 11.3 Å². The van der Waals surface area contributed by atoms with Crippen LogP contribution in [0.4, 0.5) is 0 Å². The first-order valence-corrected chi connectivity index (χ1v) is 9.87. The molecule has 3 heterocycles. The van der Waals surface area contributed by atoms with Gasteiger partial charge in [0.25, 0.3) is 5.91 Å². The fourth-order valence-electron chi connectivity index (χ4n) is 2.72. The van der Waals surface area contributed by atoms with Gasteiger partial charge in [0, 0.05) is 55.1 Å². The van der Waals surface area contributed by atoms with Crippen LogP contribution in [0.25, 0.3) is 0 Å². The number of thiophene rings is 2. The molecule has 1 aliphatic heterocycles. The monoisotopic (exact) mass is 363 g/mol. The second-order valence-corrected chi connectivity index (χ2v) is 7.56. The standard InChI is InChI=1S/C17H21N3O2S2/c21-16(12-15-2-1-10-24-15)20-8-6-19(7-9-20)5-4-18-17(22)14-3-11-23-13-14/h1-3,10-11,13H,4-9,12H2,(H,18,22). The van der Waals surface area contributed by atoms with Crippen molar-refractivity contribution in [3.8, 4) is 0 Å². The van der Waals surface area contributed by atoms with Crippen LogP contribution in [0.1, 0.15) is 15.2 Å². The van der Waals surface area contributed by atoms with Crippen LogP contribution in [0.5, 0.6) is 0 Å². The predicted octanol–water partition coefficient (Wildman–Crippen LogP) is 1.93. The molecule has 1 saturated heterocycles. The van der Waals surface area contributed by atoms with Crippen molar-refractivity contribution in [3.63, 3.8) is 0 Å². The van der Waals surface area contributed by atoms with Gasteiger partial charge in [0.2, 0.25) is 5.91 Å². The lowest BCUT2D eigenvalue weighted by atomic mass is 10.2. The number of nitrogens with one attached hydrogen (secondary N) is 1. The highest BCUT2D eigenvalue weighted by molar-refractivity contribution is 7.10. The number of amides is 2. The van der Waals surface area contributed by atoms with Crippen LogP contribution < -0.4 is 5.32 Å². The van der Waals surface area contributed by atoms with E-state index in [0.717, 1.165) is 43.2 Å². The second-order valence-electron chi connectivity index (χ2n) is 5.75. The minimum Gasteiger partial charge on any atom is -0.351 e. The van der Waals surface area contributed by atoms with Gasteiger partial charge in [-0.25, -0.2) is 0 Å². The molecular formula is C17H21N3O2S2. The summed E-state index contributed by atoms with van der Waals surface area (Å²) in [6.07, 6.45) is 0.508. The van der Waals surface area contributed by atoms with Crippen LogP contribution in [-0.2, 0) is 11.2 Å². The molecule has 0 aliphatic carbocycles. The van der Waals surface area contributed by atoms with E-state index in [1.165, 1.54) is 11.3 Å². The molecule has 2 amide bonds. The van der Waals surface area contributed by atoms with E-state index in [4.69, 9.17) is 0 Å². The van der Waals surface area contributed by atoms with Crippen molar-refractivity contribution < 1.29 is 9.59 Å². The van der Waals surface area contributed by atoms with E-state index in [2.05, 4.69) is 10.2 Å². The summed E-state index contributed by atoms with van der Waals surface area (Å²) < 4.78 is 0. The Hall–Kier alpha value is -1.70. The lowest BCUT2D eigenvalue weighted by Crippen LogP contribution is -2.50. The Bertz CT molecular complexity index is 647. The average molecular weight is 364 g/mol. The van der Waals surface area contributed by atoms with Crippen molar-refractivity contribution in [3.05, 3.63) is 44.8 Å². The highest BCUT2D eigenvalue weighted by Crippen LogP contribution is 2.12. The first-order valence-electron chi connectivity index (χ1n) is 8.05. The number of hydrogen-bond donors (Lipinski definition) is 1. The highest BCUT2D eigenvalue weighted by atomic mass is 32.1. The summed E-state index contributed by atoms with van der Waals surface area (Å²) in [4.78, 5) is 29.5. The first-order chi connectivity index (χ1) is 11.7. The maximum absolute atomic E-state index is 12.3. The molecule has 2 aromatic heterocycles. The Morgan fingerprint density at radius 3 is 2.62 bits per heavy atom. The van der Waals surface area contributed by atoms with Crippen molar-refractivity contribution in [2.45, 2.75) is 6.42 Å². The molecule has 0 aromatic carbocycles. The summed E-state index contributed by atoms with van der Waals surface area (Å²) in [7, 11) is 0. The molecule has 0 spiro atoms. The summed E-state index contributed by atoms with van der Waals surface area (Å²) in [5.74, 6) is 0.198. The molecule has 0 saturated carbocycles. The number of carbonyl (C=O) groups is 2. The number of piperazine rings is 1. The van der Waals surface area contributed by atoms with Gasteiger partial charge in [-0.15, -0.1) is 11.3 Å². The topological polar surface area (TPSA) is 52.7 Å². The van der Waals surface area contributed by atoms with Crippen molar-refractivity contribution in [2.75, 3.05) is 39.3 Å². The number of hydrogen-bond acceptors (Lipinski definition) is 5. The van der Waals surface area contributed by atoms with E-state index >= 15 is 0 Å². The lowest BCUT2D eigenvalue weighted by Gasteiger charge is -2.34. The van der Waals surface area contributed by atoms with Crippen molar-refractivity contribution in [1.82, 2.24) is 15.1 Å². The van der Waals surface area contributed by atoms with Crippen LogP contribution in [0.2, 0.25) is 0 Å². The normalized spacial score (nSPS) is 15.4. The van der Waals surface area contributed by atoms with E-state index < -0.39 is 0 Å². The summed E-state index contributed by atoms with van der Waals surface area (Å²) in [5.41, 5.74) is 0.726. The Labute approximate surface area is 149 Å². The van der Waals surface area contributed by atoms with Gasteiger partial charge >= 0.3 is 0 Å². The summed E-state index contributed by atoms with van der Waals surface area (Å²) >= 11 is 3.16. The Balaban J connectivity index is 1.34. The maximum atomic E-state index is 12.3. The van der Waals surface area contributed by atoms with Gasteiger partial charge in [0.05, 0.1) is 6.42 Å². The maximum Gasteiger partial charge on any atom is 0.252 e. The fraction of sp³-hybridized carbons (Fsp3) is 0.412. The van der Waals surface area contributed by atoms with Gasteiger partial charge in [-0.3, -0.25) is 14.5 Å². The predicted molar refractivity (Wildman–Crippen MR) is 97.7 cm³/mol. The third-order valence-electron chi connectivity index (χ3n) is 4.13. The minimum atomic E-state index is -0.0130. The van der Waals surface area contributed by atoms with Gasteiger partial charge < -0.3 is 10.2 Å². The Kier molecular flexibility index (Phi) is 6.01. The third kappa shape index (κ3) is 4.66. The Morgan fingerprint density at radius 1 is 1.12 bits per heavy atom. The average Bonchev–Trinajstić information content (AvgIpc) is 3.29. The van der Waals surface area contributed by atoms with Crippen LogP contribution in [0.3, 0.4) is 0 Å². The number of rotatable bonds is 6. The Morgan fingerprint density at radius 2 is 1.96 bits per heavy atom. The zero-order valence-electron chi connectivity index (χ0n) is 13.4. The second kappa shape index (κ2) is 8.41. The number of carbonyl (C=O) groups excluding carboxylic acids is 2. The molecule has 0 radical (unpaired) electrons. The summed E-state index contributed by atoms with van der Waals surface area (Å²) in [6, 6.07) is 5.82. The molecule has 0 bridgehead atoms. The molecule has 3 rings (SSSR count). The van der Waals surface area contributed by atoms with Crippen LogP contribution in [-0.4, -0.2) is 60.9 Å². The molecule has 5 nitrogen and oxygen atoms in total. The van der Waals surface area contributed by atoms with Crippen molar-refractivity contribution in [2.24, 2.45) is 0 Å². The van der Waals surface area contributed by atoms with Crippen molar-refractivity contribution in [1.29, 1.82) is 0 Å². The van der Waals surface area contributed by atoms with Crippen LogP contribution >= 0.6 is 22.7 Å². The summed E-state index contributed by atoms with van der Waals surface area (Å²) in [5, 5.41) is 8.71. The minimum absolute atomic E-state index is 0.0130. The summed E-state index contributed by atoms with van der Waals surface area (Å²) in [6.45, 7) is 4.72. The van der Waals surface area contributed by atoms with Gasteiger partial charge in [0.1, 0.15) is 0 Å². The van der Waals surface area contributed by atoms with E-state index in [1.807, 2.05) is 39.2 Å². The van der Waals surface area contributed by atoms with Crippen molar-refractivity contribution >= 4 is 34.5 Å². The van der Waals surface area contributed by atoms with E-state index in [-0.39, 0.29) is 11.8 Å². The molecule has 7 heteroatoms. The molecule has 2 aromatic rings. The molecule has 0 unspecified atom stereocenters. The molecule has 128 valence electrons. The molecule has 1 aliphatic rings. The van der Waals surface area contributed by atoms with Crippen LogP contribution in [0.15, 0.2) is 34.3 Å².